The van der Waals surface area contributed by atoms with Crippen LogP contribution in [0.4, 0.5) is 5.95 Å². The van der Waals surface area contributed by atoms with Crippen LogP contribution in [-0.4, -0.2) is 23.1 Å². The second-order valence-electron chi connectivity index (χ2n) is 2.96. The molecule has 5 nitrogen and oxygen atoms in total. The van der Waals surface area contributed by atoms with Gasteiger partial charge in [-0.1, -0.05) is 0 Å². The third-order valence-corrected chi connectivity index (χ3v) is 1.86. The molecule has 0 unspecified atom stereocenters. The second kappa shape index (κ2) is 4.56. The van der Waals surface area contributed by atoms with Crippen LogP contribution in [0, 0.1) is 0 Å². The summed E-state index contributed by atoms with van der Waals surface area (Å²) in [4.78, 5) is 8.35. The van der Waals surface area contributed by atoms with Crippen LogP contribution >= 0.6 is 0 Å². The number of hydrogen-bond acceptors (Lipinski definition) is 5. The minimum Gasteiger partial charge on any atom is -0.463 e. The summed E-state index contributed by atoms with van der Waals surface area (Å²) in [5.74, 6) is 1.29. The SMILES string of the molecule is NCCNc1nccc(-c2ccco2)n1. The Morgan fingerprint density at radius 3 is 3.07 bits per heavy atom. The Bertz CT molecular complexity index is 413. The van der Waals surface area contributed by atoms with Crippen molar-refractivity contribution >= 4 is 5.95 Å². The van der Waals surface area contributed by atoms with E-state index in [4.69, 9.17) is 10.2 Å². The Labute approximate surface area is 87.3 Å². The number of nitrogens with two attached hydrogens (primary N) is 1. The van der Waals surface area contributed by atoms with Crippen molar-refractivity contribution in [2.45, 2.75) is 0 Å². The van der Waals surface area contributed by atoms with Gasteiger partial charge in [-0.05, 0) is 18.2 Å². The first-order valence-electron chi connectivity index (χ1n) is 4.71. The van der Waals surface area contributed by atoms with E-state index in [2.05, 4.69) is 15.3 Å². The molecule has 0 spiro atoms. The van der Waals surface area contributed by atoms with E-state index >= 15 is 0 Å². The van der Waals surface area contributed by atoms with E-state index in [9.17, 15) is 0 Å². The zero-order chi connectivity index (χ0) is 10.5. The predicted molar refractivity (Wildman–Crippen MR) is 57.3 cm³/mol. The van der Waals surface area contributed by atoms with Crippen molar-refractivity contribution in [3.05, 3.63) is 30.7 Å². The van der Waals surface area contributed by atoms with Crippen molar-refractivity contribution in [1.82, 2.24) is 9.97 Å². The Morgan fingerprint density at radius 2 is 2.33 bits per heavy atom. The Balaban J connectivity index is 2.19. The van der Waals surface area contributed by atoms with E-state index in [1.807, 2.05) is 12.1 Å². The summed E-state index contributed by atoms with van der Waals surface area (Å²) >= 11 is 0. The molecule has 0 radical (unpaired) electrons. The number of anilines is 1. The van der Waals surface area contributed by atoms with Gasteiger partial charge in [-0.15, -0.1) is 0 Å². The van der Waals surface area contributed by atoms with E-state index in [1.54, 1.807) is 18.5 Å². The van der Waals surface area contributed by atoms with Gasteiger partial charge in [0.05, 0.1) is 6.26 Å². The fourth-order valence-electron chi connectivity index (χ4n) is 1.19. The van der Waals surface area contributed by atoms with Gasteiger partial charge in [0.15, 0.2) is 5.76 Å². The molecule has 0 saturated carbocycles. The molecular weight excluding hydrogens is 192 g/mol. The molecule has 0 aliphatic heterocycles. The molecule has 0 amide bonds. The third-order valence-electron chi connectivity index (χ3n) is 1.86. The monoisotopic (exact) mass is 204 g/mol. The molecule has 0 atom stereocenters. The highest BCUT2D eigenvalue weighted by Gasteiger charge is 2.03. The van der Waals surface area contributed by atoms with Gasteiger partial charge in [0.25, 0.3) is 0 Å². The van der Waals surface area contributed by atoms with Crippen LogP contribution in [0.1, 0.15) is 0 Å². The molecule has 0 fully saturated rings. The predicted octanol–water partition coefficient (Wildman–Crippen LogP) is 1.11. The number of nitrogens with zero attached hydrogens (tertiary/aromatic N) is 2. The largest absolute Gasteiger partial charge is 0.463 e. The lowest BCUT2D eigenvalue weighted by molar-refractivity contribution is 0.580. The molecule has 0 aliphatic carbocycles. The summed E-state index contributed by atoms with van der Waals surface area (Å²) in [5, 5.41) is 3.01. The summed E-state index contributed by atoms with van der Waals surface area (Å²) in [7, 11) is 0. The highest BCUT2D eigenvalue weighted by molar-refractivity contribution is 5.52. The highest BCUT2D eigenvalue weighted by atomic mass is 16.3. The normalized spacial score (nSPS) is 10.2. The molecule has 3 N–H and O–H groups in total. The highest BCUT2D eigenvalue weighted by Crippen LogP contribution is 2.17. The lowest BCUT2D eigenvalue weighted by atomic mass is 10.3. The van der Waals surface area contributed by atoms with Crippen LogP contribution in [0.5, 0.6) is 0 Å². The molecule has 2 aromatic rings. The molecule has 15 heavy (non-hydrogen) atoms. The van der Waals surface area contributed by atoms with E-state index in [0.717, 1.165) is 11.5 Å². The van der Waals surface area contributed by atoms with Gasteiger partial charge in [0.1, 0.15) is 5.69 Å². The number of rotatable bonds is 4. The van der Waals surface area contributed by atoms with Crippen molar-refractivity contribution in [2.75, 3.05) is 18.4 Å². The summed E-state index contributed by atoms with van der Waals surface area (Å²) in [6, 6.07) is 5.48. The molecule has 0 saturated heterocycles. The number of aromatic nitrogens is 2. The summed E-state index contributed by atoms with van der Waals surface area (Å²) in [6.07, 6.45) is 3.30. The van der Waals surface area contributed by atoms with Gasteiger partial charge >= 0.3 is 0 Å². The lowest BCUT2D eigenvalue weighted by Crippen LogP contribution is -2.14. The fourth-order valence-corrected chi connectivity index (χ4v) is 1.19. The molecule has 2 aromatic heterocycles. The zero-order valence-electron chi connectivity index (χ0n) is 8.18. The number of furan rings is 1. The van der Waals surface area contributed by atoms with E-state index < -0.39 is 0 Å². The maximum atomic E-state index is 5.37. The first kappa shape index (κ1) is 9.67. The zero-order valence-corrected chi connectivity index (χ0v) is 8.18. The number of hydrogen-bond donors (Lipinski definition) is 2. The van der Waals surface area contributed by atoms with E-state index in [1.165, 1.54) is 0 Å². The maximum absolute atomic E-state index is 5.37. The average Bonchev–Trinajstić information content (AvgIpc) is 2.80. The summed E-state index contributed by atoms with van der Waals surface area (Å²) in [5.41, 5.74) is 6.13. The van der Waals surface area contributed by atoms with E-state index in [-0.39, 0.29) is 0 Å². The van der Waals surface area contributed by atoms with Gasteiger partial charge < -0.3 is 15.5 Å². The van der Waals surface area contributed by atoms with Crippen LogP contribution in [0.2, 0.25) is 0 Å². The van der Waals surface area contributed by atoms with Crippen LogP contribution in [0.15, 0.2) is 35.1 Å². The molecule has 0 aliphatic rings. The molecule has 0 aromatic carbocycles. The quantitative estimate of drug-likeness (QED) is 0.780. The minimum absolute atomic E-state index is 0.550. The summed E-state index contributed by atoms with van der Waals surface area (Å²) in [6.45, 7) is 1.20. The molecule has 0 bridgehead atoms. The Hall–Kier alpha value is -1.88. The van der Waals surface area contributed by atoms with Gasteiger partial charge in [-0.2, -0.15) is 0 Å². The molecule has 78 valence electrons. The second-order valence-corrected chi connectivity index (χ2v) is 2.96. The average molecular weight is 204 g/mol. The van der Waals surface area contributed by atoms with Crippen molar-refractivity contribution in [3.63, 3.8) is 0 Å². The third kappa shape index (κ3) is 2.32. The fraction of sp³-hybridized carbons (Fsp3) is 0.200. The van der Waals surface area contributed by atoms with Crippen LogP contribution < -0.4 is 11.1 Å². The molecular formula is C10H12N4O. The van der Waals surface area contributed by atoms with Crippen molar-refractivity contribution in [2.24, 2.45) is 5.73 Å². The number of nitrogens with one attached hydrogen (secondary N) is 1. The molecule has 5 heteroatoms. The Kier molecular flexibility index (Phi) is 2.94. The van der Waals surface area contributed by atoms with Crippen molar-refractivity contribution in [1.29, 1.82) is 0 Å². The van der Waals surface area contributed by atoms with Crippen LogP contribution in [0.25, 0.3) is 11.5 Å². The minimum atomic E-state index is 0.550. The van der Waals surface area contributed by atoms with Crippen LogP contribution in [-0.2, 0) is 0 Å². The Morgan fingerprint density at radius 1 is 1.40 bits per heavy atom. The van der Waals surface area contributed by atoms with Crippen molar-refractivity contribution in [3.8, 4) is 11.5 Å². The standard InChI is InChI=1S/C10H12N4O/c11-4-6-13-10-12-5-3-8(14-10)9-2-1-7-15-9/h1-3,5,7H,4,6,11H2,(H,12,13,14). The first-order valence-corrected chi connectivity index (χ1v) is 4.71. The summed E-state index contributed by atoms with van der Waals surface area (Å²) < 4.78 is 5.24. The van der Waals surface area contributed by atoms with Gasteiger partial charge in [-0.3, -0.25) is 0 Å². The first-order chi connectivity index (χ1) is 7.40. The maximum Gasteiger partial charge on any atom is 0.223 e. The topological polar surface area (TPSA) is 77.0 Å². The smallest absolute Gasteiger partial charge is 0.223 e. The molecule has 2 rings (SSSR count). The van der Waals surface area contributed by atoms with Crippen LogP contribution in [0.3, 0.4) is 0 Å². The lowest BCUT2D eigenvalue weighted by Gasteiger charge is -2.03. The van der Waals surface area contributed by atoms with Gasteiger partial charge in [-0.25, -0.2) is 9.97 Å². The molecule has 2 heterocycles. The van der Waals surface area contributed by atoms with Gasteiger partial charge in [0, 0.05) is 19.3 Å². The van der Waals surface area contributed by atoms with Gasteiger partial charge in [0.2, 0.25) is 5.95 Å². The van der Waals surface area contributed by atoms with E-state index in [0.29, 0.717) is 19.0 Å². The van der Waals surface area contributed by atoms with Crippen molar-refractivity contribution < 1.29 is 4.42 Å².